The lowest BCUT2D eigenvalue weighted by atomic mass is 9.94. The lowest BCUT2D eigenvalue weighted by molar-refractivity contribution is -0.141. The normalized spacial score (nSPS) is 19.0. The Labute approximate surface area is 192 Å². The fraction of sp³-hybridized carbons (Fsp3) is 0.308. The molecule has 33 heavy (non-hydrogen) atoms. The van der Waals surface area contributed by atoms with Gasteiger partial charge in [-0.25, -0.2) is 0 Å². The highest BCUT2D eigenvalue weighted by Gasteiger charge is 2.43. The van der Waals surface area contributed by atoms with Gasteiger partial charge in [-0.1, -0.05) is 24.3 Å². The van der Waals surface area contributed by atoms with Gasteiger partial charge in [-0.15, -0.1) is 0 Å². The van der Waals surface area contributed by atoms with E-state index in [4.69, 9.17) is 0 Å². The number of aryl methyl sites for hydroxylation is 2. The van der Waals surface area contributed by atoms with Crippen LogP contribution in [0.1, 0.15) is 48.5 Å². The predicted molar refractivity (Wildman–Crippen MR) is 125 cm³/mol. The predicted octanol–water partition coefficient (Wildman–Crippen LogP) is 3.91. The summed E-state index contributed by atoms with van der Waals surface area (Å²) in [6.45, 7) is 5.94. The van der Waals surface area contributed by atoms with Crippen molar-refractivity contribution >= 4 is 11.9 Å². The van der Waals surface area contributed by atoms with Crippen LogP contribution in [0, 0.1) is 13.8 Å². The number of hydrogen-bond acceptors (Lipinski definition) is 4. The summed E-state index contributed by atoms with van der Waals surface area (Å²) in [5, 5.41) is 9.67. The SMILES string of the molecule is Cc1cccc(C)c1-c1cncc(C(CC(=O)O)N2C(=O)[C@H](n3ccccc3=O)CC2C)c1. The summed E-state index contributed by atoms with van der Waals surface area (Å²) in [5.74, 6) is -1.25. The highest BCUT2D eigenvalue weighted by atomic mass is 16.4. The maximum atomic E-state index is 13.5. The van der Waals surface area contributed by atoms with Crippen LogP contribution < -0.4 is 5.56 Å². The number of carbonyl (C=O) groups is 2. The summed E-state index contributed by atoms with van der Waals surface area (Å²) in [6.07, 6.45) is 5.19. The van der Waals surface area contributed by atoms with Crippen molar-refractivity contribution in [3.05, 3.63) is 88.1 Å². The number of carboxylic acids is 1. The van der Waals surface area contributed by atoms with Crippen LogP contribution in [-0.2, 0) is 9.59 Å². The van der Waals surface area contributed by atoms with E-state index in [-0.39, 0.29) is 23.9 Å². The summed E-state index contributed by atoms with van der Waals surface area (Å²) >= 11 is 0. The van der Waals surface area contributed by atoms with Crippen molar-refractivity contribution in [1.29, 1.82) is 0 Å². The molecule has 0 aliphatic carbocycles. The van der Waals surface area contributed by atoms with Crippen LogP contribution >= 0.6 is 0 Å². The number of carboxylic acid groups (broad SMARTS) is 1. The average Bonchev–Trinajstić information content (AvgIpc) is 3.06. The number of likely N-dealkylation sites (tertiary alicyclic amines) is 1. The standard InChI is InChI=1S/C26H27N3O4/c1-16-7-6-8-17(2)25(16)20-12-19(14-27-15-20)21(13-24(31)32)29-18(3)11-22(26(29)33)28-10-5-4-9-23(28)30/h4-10,12,14-15,18,21-22H,11,13H2,1-3H3,(H,31,32)/t18?,21?,22-/m1/s1. The van der Waals surface area contributed by atoms with Crippen LogP contribution in [0.25, 0.3) is 11.1 Å². The molecule has 0 bridgehead atoms. The Balaban J connectivity index is 1.76. The molecule has 1 aromatic carbocycles. The second-order valence-electron chi connectivity index (χ2n) is 8.68. The molecule has 0 saturated carbocycles. The lowest BCUT2D eigenvalue weighted by Gasteiger charge is -2.31. The van der Waals surface area contributed by atoms with Gasteiger partial charge in [0.05, 0.1) is 12.5 Å². The first-order valence-electron chi connectivity index (χ1n) is 11.0. The van der Waals surface area contributed by atoms with Gasteiger partial charge in [0, 0.05) is 36.3 Å². The Morgan fingerprint density at radius 3 is 2.52 bits per heavy atom. The Morgan fingerprint density at radius 2 is 1.85 bits per heavy atom. The molecule has 2 aromatic heterocycles. The van der Waals surface area contributed by atoms with E-state index < -0.39 is 18.1 Å². The molecule has 1 saturated heterocycles. The fourth-order valence-corrected chi connectivity index (χ4v) is 4.91. The zero-order valence-corrected chi connectivity index (χ0v) is 18.9. The van der Waals surface area contributed by atoms with E-state index in [1.54, 1.807) is 35.6 Å². The Bertz CT molecular complexity index is 1250. The van der Waals surface area contributed by atoms with Crippen molar-refractivity contribution in [3.8, 4) is 11.1 Å². The molecule has 1 aliphatic rings. The van der Waals surface area contributed by atoms with Gasteiger partial charge in [0.15, 0.2) is 0 Å². The van der Waals surface area contributed by atoms with Gasteiger partial charge in [-0.2, -0.15) is 0 Å². The zero-order chi connectivity index (χ0) is 23.7. The van der Waals surface area contributed by atoms with Gasteiger partial charge in [0.2, 0.25) is 5.91 Å². The average molecular weight is 446 g/mol. The fourth-order valence-electron chi connectivity index (χ4n) is 4.91. The van der Waals surface area contributed by atoms with E-state index >= 15 is 0 Å². The third-order valence-electron chi connectivity index (χ3n) is 6.38. The minimum Gasteiger partial charge on any atom is -0.481 e. The van der Waals surface area contributed by atoms with Gasteiger partial charge in [0.1, 0.15) is 6.04 Å². The Hall–Kier alpha value is -3.74. The van der Waals surface area contributed by atoms with E-state index in [0.29, 0.717) is 12.0 Å². The zero-order valence-electron chi connectivity index (χ0n) is 18.9. The lowest BCUT2D eigenvalue weighted by Crippen LogP contribution is -2.38. The molecule has 0 radical (unpaired) electrons. The van der Waals surface area contributed by atoms with Gasteiger partial charge >= 0.3 is 5.97 Å². The molecule has 170 valence electrons. The number of amides is 1. The Kier molecular flexibility index (Phi) is 6.14. The summed E-state index contributed by atoms with van der Waals surface area (Å²) in [6, 6.07) is 11.2. The second-order valence-corrected chi connectivity index (χ2v) is 8.68. The minimum absolute atomic E-state index is 0.234. The van der Waals surface area contributed by atoms with Gasteiger partial charge in [-0.3, -0.25) is 19.4 Å². The maximum Gasteiger partial charge on any atom is 0.305 e. The minimum atomic E-state index is -1.00. The first-order valence-corrected chi connectivity index (χ1v) is 11.0. The molecule has 1 amide bonds. The summed E-state index contributed by atoms with van der Waals surface area (Å²) in [4.78, 5) is 43.6. The topological polar surface area (TPSA) is 92.5 Å². The molecule has 3 aromatic rings. The molecule has 1 fully saturated rings. The van der Waals surface area contributed by atoms with E-state index in [0.717, 1.165) is 22.3 Å². The number of aromatic nitrogens is 2. The molecule has 1 aliphatic heterocycles. The number of rotatable bonds is 6. The molecule has 7 nitrogen and oxygen atoms in total. The number of nitrogens with zero attached hydrogens (tertiary/aromatic N) is 3. The van der Waals surface area contributed by atoms with Crippen molar-refractivity contribution in [2.45, 2.75) is 51.7 Å². The number of hydrogen-bond donors (Lipinski definition) is 1. The monoisotopic (exact) mass is 445 g/mol. The molecule has 4 rings (SSSR count). The first-order chi connectivity index (χ1) is 15.8. The third kappa shape index (κ3) is 4.31. The number of pyridine rings is 2. The molecule has 7 heteroatoms. The highest BCUT2D eigenvalue weighted by molar-refractivity contribution is 5.84. The van der Waals surface area contributed by atoms with Crippen molar-refractivity contribution in [1.82, 2.24) is 14.5 Å². The van der Waals surface area contributed by atoms with Crippen molar-refractivity contribution in [2.75, 3.05) is 0 Å². The van der Waals surface area contributed by atoms with Crippen LogP contribution in [0.4, 0.5) is 0 Å². The van der Waals surface area contributed by atoms with E-state index in [9.17, 15) is 19.5 Å². The van der Waals surface area contributed by atoms with Crippen molar-refractivity contribution in [3.63, 3.8) is 0 Å². The maximum absolute atomic E-state index is 13.5. The quantitative estimate of drug-likeness (QED) is 0.621. The van der Waals surface area contributed by atoms with Gasteiger partial charge < -0.3 is 14.6 Å². The van der Waals surface area contributed by atoms with Crippen molar-refractivity contribution in [2.24, 2.45) is 0 Å². The molecule has 3 atom stereocenters. The number of benzene rings is 1. The smallest absolute Gasteiger partial charge is 0.305 e. The van der Waals surface area contributed by atoms with E-state index in [1.165, 1.54) is 10.6 Å². The van der Waals surface area contributed by atoms with Crippen LogP contribution in [-0.4, -0.2) is 37.5 Å². The number of aliphatic carboxylic acids is 1. The molecule has 2 unspecified atom stereocenters. The summed E-state index contributed by atoms with van der Waals surface area (Å²) in [5.41, 5.74) is 4.54. The van der Waals surface area contributed by atoms with Crippen LogP contribution in [0.2, 0.25) is 0 Å². The van der Waals surface area contributed by atoms with Gasteiger partial charge in [0.25, 0.3) is 5.56 Å². The van der Waals surface area contributed by atoms with Crippen LogP contribution in [0.3, 0.4) is 0 Å². The summed E-state index contributed by atoms with van der Waals surface area (Å²) < 4.78 is 1.43. The molecule has 0 spiro atoms. The number of carbonyl (C=O) groups excluding carboxylic acids is 1. The molecular weight excluding hydrogens is 418 g/mol. The van der Waals surface area contributed by atoms with E-state index in [2.05, 4.69) is 4.98 Å². The third-order valence-corrected chi connectivity index (χ3v) is 6.38. The van der Waals surface area contributed by atoms with Crippen LogP contribution in [0.5, 0.6) is 0 Å². The van der Waals surface area contributed by atoms with Gasteiger partial charge in [-0.05, 0) is 61.6 Å². The van der Waals surface area contributed by atoms with E-state index in [1.807, 2.05) is 45.0 Å². The van der Waals surface area contributed by atoms with Crippen molar-refractivity contribution < 1.29 is 14.7 Å². The highest BCUT2D eigenvalue weighted by Crippen LogP contribution is 2.38. The summed E-state index contributed by atoms with van der Waals surface area (Å²) in [7, 11) is 0. The largest absolute Gasteiger partial charge is 0.481 e. The Morgan fingerprint density at radius 1 is 1.12 bits per heavy atom. The second kappa shape index (κ2) is 9.02. The molecule has 1 N–H and O–H groups in total. The van der Waals surface area contributed by atoms with Crippen LogP contribution in [0.15, 0.2) is 65.8 Å². The first kappa shape index (κ1) is 22.5. The molecular formula is C26H27N3O4. The molecule has 3 heterocycles.